The highest BCUT2D eigenvalue weighted by atomic mass is 16.3. The molecule has 6 heteroatoms. The van der Waals surface area contributed by atoms with Gasteiger partial charge in [0.1, 0.15) is 29.1 Å². The van der Waals surface area contributed by atoms with Crippen LogP contribution in [0.25, 0.3) is 11.3 Å². The molecule has 5 rings (SSSR count). The van der Waals surface area contributed by atoms with Crippen LogP contribution in [0.5, 0.6) is 5.75 Å². The number of benzene rings is 2. The Morgan fingerprint density at radius 2 is 1.93 bits per heavy atom. The van der Waals surface area contributed by atoms with E-state index in [1.807, 2.05) is 48.5 Å². The van der Waals surface area contributed by atoms with Crippen LogP contribution >= 0.6 is 0 Å². The van der Waals surface area contributed by atoms with Gasteiger partial charge in [-0.2, -0.15) is 4.57 Å². The molecule has 0 amide bonds. The van der Waals surface area contributed by atoms with E-state index in [0.717, 1.165) is 22.6 Å². The fourth-order valence-electron chi connectivity index (χ4n) is 3.76. The molecule has 0 fully saturated rings. The Hall–Kier alpha value is -3.93. The number of rotatable bonds is 5. The molecule has 4 aromatic rings. The van der Waals surface area contributed by atoms with Crippen LogP contribution in [0.3, 0.4) is 0 Å². The summed E-state index contributed by atoms with van der Waals surface area (Å²) in [5.41, 5.74) is 3.26. The molecule has 2 aromatic heterocycles. The van der Waals surface area contributed by atoms with Crippen LogP contribution in [-0.2, 0) is 12.8 Å². The number of aromatic hydroxyl groups is 1. The molecular weight excluding hydrogens is 378 g/mol. The highest BCUT2D eigenvalue weighted by Crippen LogP contribution is 2.26. The summed E-state index contributed by atoms with van der Waals surface area (Å²) < 4.78 is 7.07. The van der Waals surface area contributed by atoms with Gasteiger partial charge in [0.2, 0.25) is 6.04 Å². The number of hydrogen-bond acceptors (Lipinski definition) is 5. The van der Waals surface area contributed by atoms with Crippen molar-refractivity contribution < 1.29 is 18.9 Å². The molecule has 0 bridgehead atoms. The van der Waals surface area contributed by atoms with Crippen LogP contribution in [0, 0.1) is 0 Å². The van der Waals surface area contributed by atoms with E-state index in [1.54, 1.807) is 35.2 Å². The van der Waals surface area contributed by atoms with E-state index in [0.29, 0.717) is 24.4 Å². The fourth-order valence-corrected chi connectivity index (χ4v) is 3.76. The summed E-state index contributed by atoms with van der Waals surface area (Å²) in [7, 11) is 0. The first-order valence-electron chi connectivity index (χ1n) is 9.79. The van der Waals surface area contributed by atoms with Gasteiger partial charge in [-0.05, 0) is 29.8 Å². The monoisotopic (exact) mass is 398 g/mol. The molecule has 3 heterocycles. The van der Waals surface area contributed by atoms with E-state index in [-0.39, 0.29) is 11.7 Å². The van der Waals surface area contributed by atoms with Gasteiger partial charge in [-0.25, -0.2) is 9.78 Å². The minimum absolute atomic E-state index is 0.0560. The lowest BCUT2D eigenvalue weighted by Crippen LogP contribution is -2.44. The number of fused-ring (bicyclic) bond motifs is 1. The minimum Gasteiger partial charge on any atom is -0.508 e. The van der Waals surface area contributed by atoms with Crippen LogP contribution in [0.2, 0.25) is 0 Å². The molecule has 2 aromatic carbocycles. The standard InChI is InChI=1S/C24H19N3O3/c28-18-9-4-8-17(13-18)22-15-27-23(20(25-22)12-16-6-2-1-3-7-16)26-21(24(27)29)14-19-10-5-11-30-19/h1-11,13,15,21,28H,12,14H2/p+1. The average molecular weight is 398 g/mol. The Kier molecular flexibility index (Phi) is 4.52. The number of furan rings is 1. The summed E-state index contributed by atoms with van der Waals surface area (Å²) >= 11 is 0. The molecular formula is C24H20N3O3+. The molecule has 1 aliphatic rings. The van der Waals surface area contributed by atoms with Crippen LogP contribution in [0.1, 0.15) is 21.8 Å². The molecule has 1 atom stereocenters. The Balaban J connectivity index is 1.57. The number of phenolic OH excluding ortho intramolecular Hbond substituents is 1. The number of carbonyl (C=O) groups is 1. The molecule has 6 nitrogen and oxygen atoms in total. The first-order valence-corrected chi connectivity index (χ1v) is 9.79. The maximum Gasteiger partial charge on any atom is 0.359 e. The Labute approximate surface area is 173 Å². The summed E-state index contributed by atoms with van der Waals surface area (Å²) in [6, 6.07) is 20.2. The normalized spacial score (nSPS) is 15.1. The summed E-state index contributed by atoms with van der Waals surface area (Å²) in [5.74, 6) is 1.55. The van der Waals surface area contributed by atoms with Gasteiger partial charge in [0.25, 0.3) is 0 Å². The largest absolute Gasteiger partial charge is 0.508 e. The lowest BCUT2D eigenvalue weighted by molar-refractivity contribution is -0.552. The van der Waals surface area contributed by atoms with Crippen LogP contribution in [0.15, 0.2) is 83.6 Å². The van der Waals surface area contributed by atoms with Gasteiger partial charge in [-0.15, -0.1) is 0 Å². The molecule has 0 aliphatic carbocycles. The van der Waals surface area contributed by atoms with Crippen molar-refractivity contribution in [2.75, 3.05) is 5.32 Å². The van der Waals surface area contributed by atoms with Crippen molar-refractivity contribution in [1.29, 1.82) is 0 Å². The number of aromatic nitrogens is 2. The number of anilines is 1. The molecule has 0 saturated carbocycles. The topological polar surface area (TPSA) is 79.2 Å². The zero-order chi connectivity index (χ0) is 20.5. The van der Waals surface area contributed by atoms with E-state index in [1.165, 1.54) is 0 Å². The summed E-state index contributed by atoms with van der Waals surface area (Å²) in [6.07, 6.45) is 4.38. The van der Waals surface area contributed by atoms with E-state index in [9.17, 15) is 9.90 Å². The third kappa shape index (κ3) is 3.43. The molecule has 30 heavy (non-hydrogen) atoms. The lowest BCUT2D eigenvalue weighted by Gasteiger charge is -2.07. The molecule has 0 radical (unpaired) electrons. The average Bonchev–Trinajstić information content (AvgIpc) is 3.38. The minimum atomic E-state index is -0.424. The zero-order valence-corrected chi connectivity index (χ0v) is 16.2. The highest BCUT2D eigenvalue weighted by molar-refractivity contribution is 5.82. The number of phenols is 1. The van der Waals surface area contributed by atoms with E-state index >= 15 is 0 Å². The number of nitrogens with one attached hydrogen (secondary N) is 1. The van der Waals surface area contributed by atoms with Gasteiger partial charge < -0.3 is 9.52 Å². The Morgan fingerprint density at radius 3 is 2.70 bits per heavy atom. The first-order chi connectivity index (χ1) is 14.7. The SMILES string of the molecule is O=C1C(Cc2ccco2)Nc2c(Cc3ccccc3)nc(-c3cccc(O)c3)c[n+]21. The quantitative estimate of drug-likeness (QED) is 0.502. The van der Waals surface area contributed by atoms with Gasteiger partial charge in [-0.1, -0.05) is 42.5 Å². The lowest BCUT2D eigenvalue weighted by atomic mass is 10.1. The van der Waals surface area contributed by atoms with Crippen molar-refractivity contribution in [3.8, 4) is 17.0 Å². The maximum atomic E-state index is 13.2. The number of nitrogens with zero attached hydrogens (tertiary/aromatic N) is 2. The smallest absolute Gasteiger partial charge is 0.359 e. The molecule has 1 aliphatic heterocycles. The second-order valence-corrected chi connectivity index (χ2v) is 7.32. The second-order valence-electron chi connectivity index (χ2n) is 7.32. The van der Waals surface area contributed by atoms with Crippen molar-refractivity contribution >= 4 is 11.7 Å². The van der Waals surface area contributed by atoms with Crippen molar-refractivity contribution in [1.82, 2.24) is 4.98 Å². The summed E-state index contributed by atoms with van der Waals surface area (Å²) in [5, 5.41) is 13.2. The summed E-state index contributed by atoms with van der Waals surface area (Å²) in [6.45, 7) is 0. The molecule has 148 valence electrons. The molecule has 0 spiro atoms. The van der Waals surface area contributed by atoms with Crippen molar-refractivity contribution in [2.45, 2.75) is 18.9 Å². The Morgan fingerprint density at radius 1 is 1.07 bits per heavy atom. The van der Waals surface area contributed by atoms with Crippen LogP contribution in [0.4, 0.5) is 5.82 Å². The third-order valence-electron chi connectivity index (χ3n) is 5.21. The van der Waals surface area contributed by atoms with E-state index < -0.39 is 6.04 Å². The predicted octanol–water partition coefficient (Wildman–Crippen LogP) is 3.60. The van der Waals surface area contributed by atoms with Crippen LogP contribution in [-0.4, -0.2) is 22.0 Å². The van der Waals surface area contributed by atoms with Crippen molar-refractivity contribution in [3.63, 3.8) is 0 Å². The van der Waals surface area contributed by atoms with Gasteiger partial charge >= 0.3 is 11.7 Å². The van der Waals surface area contributed by atoms with Gasteiger partial charge in [-0.3, -0.25) is 5.32 Å². The fraction of sp³-hybridized carbons (Fsp3) is 0.125. The number of hydrogen-bond donors (Lipinski definition) is 2. The maximum absolute atomic E-state index is 13.2. The number of carbonyl (C=O) groups excluding carboxylic acids is 1. The van der Waals surface area contributed by atoms with E-state index in [2.05, 4.69) is 5.32 Å². The van der Waals surface area contributed by atoms with Gasteiger partial charge in [0.15, 0.2) is 0 Å². The predicted molar refractivity (Wildman–Crippen MR) is 111 cm³/mol. The van der Waals surface area contributed by atoms with Crippen molar-refractivity contribution in [2.24, 2.45) is 0 Å². The second kappa shape index (κ2) is 7.48. The Bertz CT molecular complexity index is 1200. The van der Waals surface area contributed by atoms with Gasteiger partial charge in [0, 0.05) is 12.0 Å². The van der Waals surface area contributed by atoms with Crippen molar-refractivity contribution in [3.05, 3.63) is 96.2 Å². The van der Waals surface area contributed by atoms with Crippen LogP contribution < -0.4 is 9.88 Å². The first kappa shape index (κ1) is 18.1. The zero-order valence-electron chi connectivity index (χ0n) is 16.2. The highest BCUT2D eigenvalue weighted by Gasteiger charge is 2.41. The third-order valence-corrected chi connectivity index (χ3v) is 5.21. The van der Waals surface area contributed by atoms with Gasteiger partial charge in [0.05, 0.1) is 12.7 Å². The molecule has 0 saturated heterocycles. The molecule has 2 N–H and O–H groups in total. The van der Waals surface area contributed by atoms with E-state index in [4.69, 9.17) is 9.40 Å². The summed E-state index contributed by atoms with van der Waals surface area (Å²) in [4.78, 5) is 18.0. The molecule has 1 unspecified atom stereocenters.